The molecule has 0 unspecified atom stereocenters. The van der Waals surface area contributed by atoms with E-state index in [9.17, 15) is 9.59 Å². The molecule has 31 heavy (non-hydrogen) atoms. The van der Waals surface area contributed by atoms with Crippen molar-refractivity contribution in [2.24, 2.45) is 0 Å². The summed E-state index contributed by atoms with van der Waals surface area (Å²) >= 11 is 0. The molecule has 0 N–H and O–H groups in total. The van der Waals surface area contributed by atoms with Gasteiger partial charge in [0, 0.05) is 50.2 Å². The van der Waals surface area contributed by atoms with Crippen molar-refractivity contribution < 1.29 is 13.7 Å². The van der Waals surface area contributed by atoms with E-state index in [-0.39, 0.29) is 11.5 Å². The molecule has 0 radical (unpaired) electrons. The van der Waals surface area contributed by atoms with Crippen molar-refractivity contribution in [2.75, 3.05) is 31.1 Å². The lowest BCUT2D eigenvalue weighted by atomic mass is 10.1. The Morgan fingerprint density at radius 1 is 1.06 bits per heavy atom. The van der Waals surface area contributed by atoms with Crippen molar-refractivity contribution in [1.82, 2.24) is 20.0 Å². The summed E-state index contributed by atoms with van der Waals surface area (Å²) in [6, 6.07) is 12.6. The first-order valence-corrected chi connectivity index (χ1v) is 9.92. The SMILES string of the molecule is Cc1nc(-c2ccc(N3CCN(C(=O)c4cc5ccccc5oc4=O)CC3)nc2)no1. The van der Waals surface area contributed by atoms with E-state index >= 15 is 0 Å². The van der Waals surface area contributed by atoms with Crippen molar-refractivity contribution in [3.05, 3.63) is 70.5 Å². The van der Waals surface area contributed by atoms with Gasteiger partial charge in [0.05, 0.1) is 0 Å². The maximum atomic E-state index is 12.9. The van der Waals surface area contributed by atoms with Gasteiger partial charge in [0.2, 0.25) is 11.7 Å². The summed E-state index contributed by atoms with van der Waals surface area (Å²) in [4.78, 5) is 37.7. The molecule has 156 valence electrons. The lowest BCUT2D eigenvalue weighted by Crippen LogP contribution is -2.49. The number of nitrogens with zero attached hydrogens (tertiary/aromatic N) is 5. The Kier molecular flexibility index (Phi) is 4.70. The van der Waals surface area contributed by atoms with Gasteiger partial charge in [0.15, 0.2) is 0 Å². The highest BCUT2D eigenvalue weighted by Gasteiger charge is 2.25. The zero-order chi connectivity index (χ0) is 21.4. The zero-order valence-electron chi connectivity index (χ0n) is 16.8. The van der Waals surface area contributed by atoms with Crippen LogP contribution < -0.4 is 10.5 Å². The number of anilines is 1. The number of pyridine rings is 1. The second-order valence-corrected chi connectivity index (χ2v) is 7.31. The van der Waals surface area contributed by atoms with Gasteiger partial charge in [-0.1, -0.05) is 23.4 Å². The van der Waals surface area contributed by atoms with Crippen LogP contribution >= 0.6 is 0 Å². The van der Waals surface area contributed by atoms with Crippen LogP contribution in [0.1, 0.15) is 16.2 Å². The molecule has 4 aromatic rings. The molecular weight excluding hydrogens is 398 g/mol. The molecule has 1 amide bonds. The zero-order valence-corrected chi connectivity index (χ0v) is 16.8. The van der Waals surface area contributed by atoms with E-state index in [4.69, 9.17) is 8.94 Å². The highest BCUT2D eigenvalue weighted by Crippen LogP contribution is 2.20. The number of amides is 1. The number of hydrogen-bond acceptors (Lipinski definition) is 8. The lowest BCUT2D eigenvalue weighted by Gasteiger charge is -2.35. The molecule has 0 spiro atoms. The molecule has 4 heterocycles. The molecule has 1 aromatic carbocycles. The summed E-state index contributed by atoms with van der Waals surface area (Å²) in [5, 5.41) is 4.62. The van der Waals surface area contributed by atoms with Gasteiger partial charge in [-0.2, -0.15) is 4.98 Å². The quantitative estimate of drug-likeness (QED) is 0.468. The average Bonchev–Trinajstić information content (AvgIpc) is 3.25. The highest BCUT2D eigenvalue weighted by molar-refractivity contribution is 5.96. The lowest BCUT2D eigenvalue weighted by molar-refractivity contribution is 0.0742. The Morgan fingerprint density at radius 2 is 1.87 bits per heavy atom. The van der Waals surface area contributed by atoms with Crippen molar-refractivity contribution >= 4 is 22.7 Å². The van der Waals surface area contributed by atoms with E-state index in [1.54, 1.807) is 36.2 Å². The predicted octanol–water partition coefficient (Wildman–Crippen LogP) is 2.51. The first kappa shape index (κ1) is 19.0. The van der Waals surface area contributed by atoms with Crippen molar-refractivity contribution in [1.29, 1.82) is 0 Å². The number of aromatic nitrogens is 3. The van der Waals surface area contributed by atoms with Gasteiger partial charge >= 0.3 is 5.63 Å². The van der Waals surface area contributed by atoms with Gasteiger partial charge in [0.1, 0.15) is 17.0 Å². The predicted molar refractivity (Wildman–Crippen MR) is 113 cm³/mol. The molecule has 3 aromatic heterocycles. The van der Waals surface area contributed by atoms with Crippen molar-refractivity contribution in [3.63, 3.8) is 0 Å². The van der Waals surface area contributed by atoms with Crippen LogP contribution in [0.4, 0.5) is 5.82 Å². The van der Waals surface area contributed by atoms with Crippen LogP contribution in [0, 0.1) is 6.92 Å². The molecule has 0 bridgehead atoms. The first-order valence-electron chi connectivity index (χ1n) is 9.92. The molecule has 1 aliphatic heterocycles. The maximum absolute atomic E-state index is 12.9. The summed E-state index contributed by atoms with van der Waals surface area (Å²) in [5.41, 5.74) is 0.696. The standard InChI is InChI=1S/C22H19N5O4/c1-14-24-20(25-31-14)16-6-7-19(23-13-16)26-8-10-27(11-9-26)21(28)17-12-15-4-2-3-5-18(15)30-22(17)29/h2-7,12-13H,8-11H2,1H3. The molecule has 1 saturated heterocycles. The van der Waals surface area contributed by atoms with Crippen molar-refractivity contribution in [3.8, 4) is 11.4 Å². The minimum atomic E-state index is -0.611. The number of rotatable bonds is 3. The van der Waals surface area contributed by atoms with Gasteiger partial charge < -0.3 is 18.7 Å². The Hall–Kier alpha value is -4.01. The third kappa shape index (κ3) is 3.65. The monoisotopic (exact) mass is 417 g/mol. The fourth-order valence-electron chi connectivity index (χ4n) is 3.64. The number of benzene rings is 1. The number of piperazine rings is 1. The number of carbonyl (C=O) groups excluding carboxylic acids is 1. The fourth-order valence-corrected chi connectivity index (χ4v) is 3.64. The summed E-state index contributed by atoms with van der Waals surface area (Å²) in [6.07, 6.45) is 1.71. The van der Waals surface area contributed by atoms with E-state index < -0.39 is 5.63 Å². The summed E-state index contributed by atoms with van der Waals surface area (Å²) in [6.45, 7) is 3.93. The molecule has 0 saturated carbocycles. The average molecular weight is 417 g/mol. The van der Waals surface area contributed by atoms with E-state index in [2.05, 4.69) is 20.0 Å². The fraction of sp³-hybridized carbons (Fsp3) is 0.227. The van der Waals surface area contributed by atoms with E-state index in [0.29, 0.717) is 43.5 Å². The normalized spacial score (nSPS) is 14.2. The van der Waals surface area contributed by atoms with E-state index in [1.807, 2.05) is 24.3 Å². The molecule has 0 atom stereocenters. The molecule has 0 aliphatic carbocycles. The van der Waals surface area contributed by atoms with Gasteiger partial charge in [-0.3, -0.25) is 4.79 Å². The van der Waals surface area contributed by atoms with Crippen LogP contribution in [-0.4, -0.2) is 52.1 Å². The number of hydrogen-bond donors (Lipinski definition) is 0. The van der Waals surface area contributed by atoms with Crippen LogP contribution in [0.3, 0.4) is 0 Å². The first-order chi connectivity index (χ1) is 15.1. The third-order valence-electron chi connectivity index (χ3n) is 5.30. The van der Waals surface area contributed by atoms with Crippen LogP contribution in [0.2, 0.25) is 0 Å². The minimum absolute atomic E-state index is 0.0602. The number of aryl methyl sites for hydroxylation is 1. The summed E-state index contributed by atoms with van der Waals surface area (Å²) < 4.78 is 10.3. The molecular formula is C22H19N5O4. The number of carbonyl (C=O) groups is 1. The van der Waals surface area contributed by atoms with Crippen LogP contribution in [0.15, 0.2) is 62.4 Å². The Labute approximate surface area is 176 Å². The Balaban J connectivity index is 1.27. The maximum Gasteiger partial charge on any atom is 0.349 e. The second-order valence-electron chi connectivity index (χ2n) is 7.31. The topological polar surface area (TPSA) is 106 Å². The van der Waals surface area contributed by atoms with Gasteiger partial charge in [0.25, 0.3) is 5.91 Å². The third-order valence-corrected chi connectivity index (χ3v) is 5.30. The summed E-state index contributed by atoms with van der Waals surface area (Å²) in [5.74, 6) is 1.50. The van der Waals surface area contributed by atoms with Gasteiger partial charge in [-0.25, -0.2) is 9.78 Å². The van der Waals surface area contributed by atoms with Gasteiger partial charge in [-0.05, 0) is 24.3 Å². The Morgan fingerprint density at radius 3 is 2.58 bits per heavy atom. The van der Waals surface area contributed by atoms with E-state index in [0.717, 1.165) is 16.8 Å². The number of fused-ring (bicyclic) bond motifs is 1. The largest absolute Gasteiger partial charge is 0.422 e. The molecule has 1 aliphatic rings. The Bertz CT molecular complexity index is 1300. The summed E-state index contributed by atoms with van der Waals surface area (Å²) in [7, 11) is 0. The second kappa shape index (κ2) is 7.67. The molecule has 9 heteroatoms. The number of para-hydroxylation sites is 1. The highest BCUT2D eigenvalue weighted by atomic mass is 16.5. The van der Waals surface area contributed by atoms with Crippen molar-refractivity contribution in [2.45, 2.75) is 6.92 Å². The smallest absolute Gasteiger partial charge is 0.349 e. The van der Waals surface area contributed by atoms with Crippen LogP contribution in [0.5, 0.6) is 0 Å². The minimum Gasteiger partial charge on any atom is -0.422 e. The van der Waals surface area contributed by atoms with E-state index in [1.165, 1.54) is 0 Å². The molecule has 5 rings (SSSR count). The van der Waals surface area contributed by atoms with Crippen LogP contribution in [0.25, 0.3) is 22.4 Å². The molecule has 1 fully saturated rings. The molecule has 9 nitrogen and oxygen atoms in total. The van der Waals surface area contributed by atoms with Gasteiger partial charge in [-0.15, -0.1) is 0 Å². The van der Waals surface area contributed by atoms with Crippen LogP contribution in [-0.2, 0) is 0 Å².